The van der Waals surface area contributed by atoms with Crippen molar-refractivity contribution in [3.63, 3.8) is 0 Å². The Labute approximate surface area is 120 Å². The van der Waals surface area contributed by atoms with Gasteiger partial charge in [0.2, 0.25) is 0 Å². The van der Waals surface area contributed by atoms with E-state index in [9.17, 15) is 9.59 Å². The van der Waals surface area contributed by atoms with Gasteiger partial charge in [-0.1, -0.05) is 50.6 Å². The van der Waals surface area contributed by atoms with Crippen molar-refractivity contribution in [2.24, 2.45) is 22.7 Å². The Hall–Kier alpha value is -1.44. The quantitative estimate of drug-likeness (QED) is 0.605. The molecule has 0 saturated heterocycles. The average Bonchev–Trinajstić information content (AvgIpc) is 2.71. The van der Waals surface area contributed by atoms with Crippen LogP contribution in [-0.4, -0.2) is 11.6 Å². The van der Waals surface area contributed by atoms with Gasteiger partial charge in [-0.25, -0.2) is 0 Å². The summed E-state index contributed by atoms with van der Waals surface area (Å²) in [7, 11) is 0. The Morgan fingerprint density at radius 1 is 1.15 bits per heavy atom. The van der Waals surface area contributed by atoms with E-state index < -0.39 is 5.92 Å². The van der Waals surface area contributed by atoms with E-state index in [1.807, 2.05) is 31.2 Å². The lowest BCUT2D eigenvalue weighted by Crippen LogP contribution is -2.35. The minimum Gasteiger partial charge on any atom is -0.298 e. The molecule has 0 aliphatic heterocycles. The summed E-state index contributed by atoms with van der Waals surface area (Å²) in [6, 6.07) is 7.59. The van der Waals surface area contributed by atoms with Gasteiger partial charge in [0, 0.05) is 11.0 Å². The maximum absolute atomic E-state index is 12.8. The van der Waals surface area contributed by atoms with Crippen molar-refractivity contribution in [1.29, 1.82) is 0 Å². The summed E-state index contributed by atoms with van der Waals surface area (Å²) < 4.78 is 0. The molecule has 20 heavy (non-hydrogen) atoms. The lowest BCUT2D eigenvalue weighted by Gasteiger charge is -2.32. The van der Waals surface area contributed by atoms with E-state index in [4.69, 9.17) is 0 Å². The van der Waals surface area contributed by atoms with Gasteiger partial charge in [-0.2, -0.15) is 0 Å². The number of carbonyl (C=O) groups excluding carboxylic acids is 2. The van der Waals surface area contributed by atoms with Crippen LogP contribution in [0.25, 0.3) is 0 Å². The molecule has 3 unspecified atom stereocenters. The van der Waals surface area contributed by atoms with Gasteiger partial charge in [-0.15, -0.1) is 0 Å². The third-order valence-corrected chi connectivity index (χ3v) is 6.15. The maximum Gasteiger partial charge on any atom is 0.173 e. The van der Waals surface area contributed by atoms with Crippen LogP contribution in [0.2, 0.25) is 0 Å². The highest BCUT2D eigenvalue weighted by Crippen LogP contribution is 2.66. The number of fused-ring (bicyclic) bond motifs is 2. The van der Waals surface area contributed by atoms with Gasteiger partial charge in [0.25, 0.3) is 0 Å². The van der Waals surface area contributed by atoms with Gasteiger partial charge in [-0.05, 0) is 31.1 Å². The summed E-state index contributed by atoms with van der Waals surface area (Å²) in [4.78, 5) is 25.5. The van der Waals surface area contributed by atoms with E-state index in [0.717, 1.165) is 18.4 Å². The fraction of sp³-hybridized carbons (Fsp3) is 0.556. The third-order valence-electron chi connectivity index (χ3n) is 6.15. The van der Waals surface area contributed by atoms with E-state index in [0.29, 0.717) is 5.56 Å². The fourth-order valence-electron chi connectivity index (χ4n) is 4.29. The Balaban J connectivity index is 1.98. The Bertz CT molecular complexity index is 582. The minimum atomic E-state index is -0.425. The molecule has 2 saturated carbocycles. The first-order valence-electron chi connectivity index (χ1n) is 7.44. The van der Waals surface area contributed by atoms with Crippen molar-refractivity contribution in [1.82, 2.24) is 0 Å². The molecule has 3 rings (SSSR count). The van der Waals surface area contributed by atoms with Crippen LogP contribution in [-0.2, 0) is 4.79 Å². The monoisotopic (exact) mass is 270 g/mol. The number of aryl methyl sites for hydroxylation is 1. The van der Waals surface area contributed by atoms with Crippen molar-refractivity contribution < 1.29 is 9.59 Å². The fourth-order valence-corrected chi connectivity index (χ4v) is 4.29. The topological polar surface area (TPSA) is 34.1 Å². The summed E-state index contributed by atoms with van der Waals surface area (Å²) in [5.74, 6) is -0.0268. The number of ketones is 2. The normalized spacial score (nSPS) is 34.5. The molecule has 1 aromatic carbocycles. The zero-order chi connectivity index (χ0) is 14.7. The predicted octanol–water partition coefficient (Wildman–Crippen LogP) is 3.82. The van der Waals surface area contributed by atoms with Crippen LogP contribution in [0.15, 0.2) is 24.3 Å². The first-order chi connectivity index (χ1) is 9.29. The number of hydrogen-bond donors (Lipinski definition) is 0. The van der Waals surface area contributed by atoms with Crippen molar-refractivity contribution >= 4 is 11.6 Å². The molecule has 0 amide bonds. The summed E-state index contributed by atoms with van der Waals surface area (Å²) >= 11 is 0. The van der Waals surface area contributed by atoms with Crippen LogP contribution < -0.4 is 0 Å². The first kappa shape index (κ1) is 13.5. The molecule has 2 bridgehead atoms. The minimum absolute atomic E-state index is 0.0245. The molecule has 0 spiro atoms. The molecule has 1 aromatic rings. The first-order valence-corrected chi connectivity index (χ1v) is 7.44. The number of benzene rings is 1. The van der Waals surface area contributed by atoms with Gasteiger partial charge in [0.1, 0.15) is 5.78 Å². The Morgan fingerprint density at radius 2 is 1.75 bits per heavy atom. The number of rotatable bonds is 2. The van der Waals surface area contributed by atoms with Gasteiger partial charge in [-0.3, -0.25) is 9.59 Å². The summed E-state index contributed by atoms with van der Waals surface area (Å²) in [6.07, 6.45) is 1.93. The molecule has 3 atom stereocenters. The van der Waals surface area contributed by atoms with Crippen molar-refractivity contribution in [3.05, 3.63) is 35.4 Å². The van der Waals surface area contributed by atoms with Crippen LogP contribution >= 0.6 is 0 Å². The van der Waals surface area contributed by atoms with Gasteiger partial charge >= 0.3 is 0 Å². The standard InChI is InChI=1S/C18H22O2/c1-11-5-7-12(8-6-11)15(19)14-13-9-10-18(4,16(14)20)17(13,2)3/h5-8,13-14H,9-10H2,1-4H3. The van der Waals surface area contributed by atoms with E-state index >= 15 is 0 Å². The molecule has 106 valence electrons. The van der Waals surface area contributed by atoms with Crippen LogP contribution in [0, 0.1) is 29.6 Å². The maximum atomic E-state index is 12.8. The largest absolute Gasteiger partial charge is 0.298 e. The van der Waals surface area contributed by atoms with Gasteiger partial charge in [0.15, 0.2) is 5.78 Å². The third kappa shape index (κ3) is 1.51. The molecule has 0 N–H and O–H groups in total. The second-order valence-corrected chi connectivity index (χ2v) is 7.27. The van der Waals surface area contributed by atoms with Crippen LogP contribution in [0.5, 0.6) is 0 Å². The molecule has 0 aromatic heterocycles. The van der Waals surface area contributed by atoms with Crippen molar-refractivity contribution in [2.75, 3.05) is 0 Å². The highest BCUT2D eigenvalue weighted by Gasteiger charge is 2.67. The highest BCUT2D eigenvalue weighted by atomic mass is 16.2. The molecule has 2 aliphatic carbocycles. The number of carbonyl (C=O) groups is 2. The second-order valence-electron chi connectivity index (χ2n) is 7.27. The summed E-state index contributed by atoms with van der Waals surface area (Å²) in [5, 5.41) is 0. The molecule has 2 aliphatic rings. The van der Waals surface area contributed by atoms with Crippen LogP contribution in [0.1, 0.15) is 49.5 Å². The molecule has 0 radical (unpaired) electrons. The molecule has 2 nitrogen and oxygen atoms in total. The Morgan fingerprint density at radius 3 is 2.25 bits per heavy atom. The molecule has 2 heteroatoms. The van der Waals surface area contributed by atoms with E-state index in [1.165, 1.54) is 0 Å². The molecular formula is C18H22O2. The van der Waals surface area contributed by atoms with Crippen LogP contribution in [0.3, 0.4) is 0 Å². The van der Waals surface area contributed by atoms with Crippen LogP contribution in [0.4, 0.5) is 0 Å². The lowest BCUT2D eigenvalue weighted by molar-refractivity contribution is -0.130. The van der Waals surface area contributed by atoms with E-state index in [2.05, 4.69) is 20.8 Å². The second kappa shape index (κ2) is 4.03. The Kier molecular flexibility index (Phi) is 2.73. The zero-order valence-corrected chi connectivity index (χ0v) is 12.7. The van der Waals surface area contributed by atoms with Gasteiger partial charge < -0.3 is 0 Å². The van der Waals surface area contributed by atoms with E-state index in [-0.39, 0.29) is 28.3 Å². The summed E-state index contributed by atoms with van der Waals surface area (Å²) in [5.41, 5.74) is 1.44. The van der Waals surface area contributed by atoms with Crippen molar-refractivity contribution in [3.8, 4) is 0 Å². The molecular weight excluding hydrogens is 248 g/mol. The van der Waals surface area contributed by atoms with Gasteiger partial charge in [0.05, 0.1) is 5.92 Å². The van der Waals surface area contributed by atoms with E-state index in [1.54, 1.807) is 0 Å². The predicted molar refractivity (Wildman–Crippen MR) is 78.6 cm³/mol. The smallest absolute Gasteiger partial charge is 0.173 e. The molecule has 0 heterocycles. The summed E-state index contributed by atoms with van der Waals surface area (Å²) in [6.45, 7) is 8.37. The lowest BCUT2D eigenvalue weighted by atomic mass is 9.70. The number of hydrogen-bond acceptors (Lipinski definition) is 2. The SMILES string of the molecule is Cc1ccc(C(=O)C2C(=O)C3(C)CCC2C3(C)C)cc1. The number of Topliss-reactive ketones (excluding diaryl/α,β-unsaturated/α-hetero) is 2. The molecule has 2 fully saturated rings. The van der Waals surface area contributed by atoms with Crippen molar-refractivity contribution in [2.45, 2.75) is 40.5 Å². The highest BCUT2D eigenvalue weighted by molar-refractivity contribution is 6.14. The average molecular weight is 270 g/mol. The zero-order valence-electron chi connectivity index (χ0n) is 12.7.